The molecule has 3 aromatic carbocycles. The van der Waals surface area contributed by atoms with E-state index in [0.29, 0.717) is 35.0 Å². The van der Waals surface area contributed by atoms with E-state index in [2.05, 4.69) is 0 Å². The second-order valence-electron chi connectivity index (χ2n) is 6.49. The third-order valence-electron chi connectivity index (χ3n) is 4.46. The minimum atomic E-state index is -0.133. The highest BCUT2D eigenvalue weighted by molar-refractivity contribution is 6.11. The van der Waals surface area contributed by atoms with E-state index >= 15 is 0 Å². The molecule has 0 unspecified atom stereocenters. The zero-order chi connectivity index (χ0) is 20.6. The molecule has 0 amide bonds. The summed E-state index contributed by atoms with van der Waals surface area (Å²) in [5.74, 6) is 1.60. The molecule has 29 heavy (non-hydrogen) atoms. The van der Waals surface area contributed by atoms with Gasteiger partial charge in [-0.1, -0.05) is 30.3 Å². The van der Waals surface area contributed by atoms with Crippen LogP contribution in [0.5, 0.6) is 17.2 Å². The predicted octanol–water partition coefficient (Wildman–Crippen LogP) is 4.80. The summed E-state index contributed by atoms with van der Waals surface area (Å²) in [6.45, 7) is 2.40. The molecule has 0 fully saturated rings. The molecule has 5 heteroatoms. The van der Waals surface area contributed by atoms with E-state index in [9.17, 15) is 4.79 Å². The van der Waals surface area contributed by atoms with Crippen LogP contribution in [0.25, 0.3) is 0 Å². The maximum absolute atomic E-state index is 13.1. The monoisotopic (exact) mass is 392 g/mol. The number of carbonyl (C=O) groups is 1. The highest BCUT2D eigenvalue weighted by atomic mass is 16.7. The fourth-order valence-electron chi connectivity index (χ4n) is 2.93. The summed E-state index contributed by atoms with van der Waals surface area (Å²) >= 11 is 0. The molecule has 150 valence electrons. The normalized spacial score (nSPS) is 10.4. The van der Waals surface area contributed by atoms with E-state index < -0.39 is 0 Å². The van der Waals surface area contributed by atoms with E-state index in [4.69, 9.17) is 18.9 Å². The van der Waals surface area contributed by atoms with Crippen LogP contribution in [0.3, 0.4) is 0 Å². The third-order valence-corrected chi connectivity index (χ3v) is 4.46. The van der Waals surface area contributed by atoms with Gasteiger partial charge in [-0.05, 0) is 48.4 Å². The smallest absolute Gasteiger partial charge is 0.197 e. The van der Waals surface area contributed by atoms with Crippen LogP contribution < -0.4 is 14.2 Å². The standard InChI is InChI=1S/C24H24O5/c1-17-13-20(28-15-18-7-5-4-6-8-18)10-11-21(17)24(25)22-12-9-19(27-3)14-23(22)29-16-26-2/h4-14H,15-16H2,1-3H3. The quantitative estimate of drug-likeness (QED) is 0.387. The van der Waals surface area contributed by atoms with Crippen LogP contribution in [-0.2, 0) is 11.3 Å². The number of carbonyl (C=O) groups excluding carboxylic acids is 1. The van der Waals surface area contributed by atoms with Crippen LogP contribution in [0.2, 0.25) is 0 Å². The Kier molecular flexibility index (Phi) is 6.87. The van der Waals surface area contributed by atoms with E-state index in [1.54, 1.807) is 31.4 Å². The number of hydrogen-bond acceptors (Lipinski definition) is 5. The van der Waals surface area contributed by atoms with Gasteiger partial charge >= 0.3 is 0 Å². The Morgan fingerprint density at radius 3 is 2.24 bits per heavy atom. The highest BCUT2D eigenvalue weighted by Gasteiger charge is 2.18. The van der Waals surface area contributed by atoms with E-state index in [0.717, 1.165) is 11.1 Å². The zero-order valence-electron chi connectivity index (χ0n) is 16.8. The van der Waals surface area contributed by atoms with E-state index in [1.165, 1.54) is 7.11 Å². The van der Waals surface area contributed by atoms with Gasteiger partial charge in [-0.3, -0.25) is 4.79 Å². The topological polar surface area (TPSA) is 54.0 Å². The van der Waals surface area contributed by atoms with Crippen LogP contribution in [-0.4, -0.2) is 26.8 Å². The highest BCUT2D eigenvalue weighted by Crippen LogP contribution is 2.29. The van der Waals surface area contributed by atoms with Gasteiger partial charge in [0.25, 0.3) is 0 Å². The number of aryl methyl sites for hydroxylation is 1. The van der Waals surface area contributed by atoms with E-state index in [1.807, 2.05) is 49.4 Å². The molecule has 0 aliphatic carbocycles. The van der Waals surface area contributed by atoms with E-state index in [-0.39, 0.29) is 12.6 Å². The number of rotatable bonds is 9. The molecule has 3 rings (SSSR count). The first-order valence-corrected chi connectivity index (χ1v) is 9.24. The predicted molar refractivity (Wildman–Crippen MR) is 111 cm³/mol. The zero-order valence-corrected chi connectivity index (χ0v) is 16.8. The van der Waals surface area contributed by atoms with Gasteiger partial charge in [-0.25, -0.2) is 0 Å². The van der Waals surface area contributed by atoms with Crippen molar-refractivity contribution in [1.29, 1.82) is 0 Å². The lowest BCUT2D eigenvalue weighted by atomic mass is 9.98. The second-order valence-corrected chi connectivity index (χ2v) is 6.49. The van der Waals surface area contributed by atoms with Crippen LogP contribution >= 0.6 is 0 Å². The second kappa shape index (κ2) is 9.75. The fourth-order valence-corrected chi connectivity index (χ4v) is 2.93. The van der Waals surface area contributed by atoms with Crippen LogP contribution in [0.15, 0.2) is 66.7 Å². The molecule has 0 saturated heterocycles. The van der Waals surface area contributed by atoms with Gasteiger partial charge in [0.1, 0.15) is 23.9 Å². The largest absolute Gasteiger partial charge is 0.497 e. The van der Waals surface area contributed by atoms with Gasteiger partial charge in [0, 0.05) is 18.7 Å². The lowest BCUT2D eigenvalue weighted by Crippen LogP contribution is -2.09. The lowest BCUT2D eigenvalue weighted by Gasteiger charge is -2.14. The molecule has 0 aliphatic heterocycles. The summed E-state index contributed by atoms with van der Waals surface area (Å²) in [5, 5.41) is 0. The van der Waals surface area contributed by atoms with Crippen LogP contribution in [0.4, 0.5) is 0 Å². The summed E-state index contributed by atoms with van der Waals surface area (Å²) in [7, 11) is 3.09. The van der Waals surface area contributed by atoms with Gasteiger partial charge in [0.05, 0.1) is 12.7 Å². The average molecular weight is 392 g/mol. The van der Waals surface area contributed by atoms with Crippen molar-refractivity contribution in [3.05, 3.63) is 89.0 Å². The van der Waals surface area contributed by atoms with Crippen molar-refractivity contribution < 1.29 is 23.7 Å². The molecule has 0 aliphatic rings. The molecule has 0 heterocycles. The first-order chi connectivity index (χ1) is 14.1. The number of hydrogen-bond donors (Lipinski definition) is 0. The Bertz CT molecular complexity index is 966. The maximum atomic E-state index is 13.1. The Labute approximate surface area is 170 Å². The molecule has 0 radical (unpaired) electrons. The van der Waals surface area contributed by atoms with Crippen LogP contribution in [0.1, 0.15) is 27.0 Å². The number of ketones is 1. The molecule has 0 saturated carbocycles. The molecular weight excluding hydrogens is 368 g/mol. The summed E-state index contributed by atoms with van der Waals surface area (Å²) in [5.41, 5.74) is 2.95. The number of ether oxygens (including phenoxy) is 4. The lowest BCUT2D eigenvalue weighted by molar-refractivity contribution is 0.0502. The minimum absolute atomic E-state index is 0.0404. The molecule has 0 spiro atoms. The summed E-state index contributed by atoms with van der Waals surface area (Å²) < 4.78 is 21.6. The Morgan fingerprint density at radius 1 is 0.828 bits per heavy atom. The number of methoxy groups -OCH3 is 2. The minimum Gasteiger partial charge on any atom is -0.497 e. The summed E-state index contributed by atoms with van der Waals surface area (Å²) in [6.07, 6.45) is 0. The van der Waals surface area contributed by atoms with Crippen molar-refractivity contribution in [1.82, 2.24) is 0 Å². The molecular formula is C24H24O5. The SMILES string of the molecule is COCOc1cc(OC)ccc1C(=O)c1ccc(OCc2ccccc2)cc1C. The maximum Gasteiger partial charge on any atom is 0.197 e. The van der Waals surface area contributed by atoms with Gasteiger partial charge in [0.2, 0.25) is 0 Å². The van der Waals surface area contributed by atoms with Gasteiger partial charge in [-0.15, -0.1) is 0 Å². The molecule has 0 bridgehead atoms. The van der Waals surface area contributed by atoms with Gasteiger partial charge < -0.3 is 18.9 Å². The molecule has 3 aromatic rings. The van der Waals surface area contributed by atoms with Crippen molar-refractivity contribution in [2.45, 2.75) is 13.5 Å². The first kappa shape index (κ1) is 20.4. The molecule has 0 aromatic heterocycles. The first-order valence-electron chi connectivity index (χ1n) is 9.24. The average Bonchev–Trinajstić information content (AvgIpc) is 2.76. The Morgan fingerprint density at radius 2 is 1.55 bits per heavy atom. The molecule has 0 atom stereocenters. The number of benzene rings is 3. The van der Waals surface area contributed by atoms with Crippen molar-refractivity contribution in [3.63, 3.8) is 0 Å². The summed E-state index contributed by atoms with van der Waals surface area (Å²) in [4.78, 5) is 13.1. The van der Waals surface area contributed by atoms with Gasteiger partial charge in [-0.2, -0.15) is 0 Å². The van der Waals surface area contributed by atoms with Crippen molar-refractivity contribution in [2.75, 3.05) is 21.0 Å². The van der Waals surface area contributed by atoms with Crippen molar-refractivity contribution >= 4 is 5.78 Å². The Balaban J connectivity index is 1.80. The fraction of sp³-hybridized carbons (Fsp3) is 0.208. The molecule has 0 N–H and O–H groups in total. The van der Waals surface area contributed by atoms with Crippen LogP contribution in [0, 0.1) is 6.92 Å². The molecule has 5 nitrogen and oxygen atoms in total. The third kappa shape index (κ3) is 5.15. The van der Waals surface area contributed by atoms with Crippen molar-refractivity contribution in [2.24, 2.45) is 0 Å². The van der Waals surface area contributed by atoms with Crippen molar-refractivity contribution in [3.8, 4) is 17.2 Å². The Hall–Kier alpha value is -3.31. The summed E-state index contributed by atoms with van der Waals surface area (Å²) in [6, 6.07) is 20.5. The van der Waals surface area contributed by atoms with Gasteiger partial charge in [0.15, 0.2) is 12.6 Å².